The van der Waals surface area contributed by atoms with Gasteiger partial charge in [0.25, 0.3) is 0 Å². The first-order chi connectivity index (χ1) is 3.48. The summed E-state index contributed by atoms with van der Waals surface area (Å²) in [6, 6.07) is 0. The lowest BCUT2D eigenvalue weighted by atomic mass is 10.8. The van der Waals surface area contributed by atoms with Gasteiger partial charge in [0.05, 0.1) is 7.11 Å². The number of hydrogen-bond donors (Lipinski definition) is 0. The van der Waals surface area contributed by atoms with Gasteiger partial charge in [-0.25, -0.2) is 9.18 Å². The van der Waals surface area contributed by atoms with E-state index in [0.717, 1.165) is 7.11 Å². The van der Waals surface area contributed by atoms with Crippen molar-refractivity contribution in [2.75, 3.05) is 7.11 Å². The Balaban J connectivity index is 3.82. The van der Waals surface area contributed by atoms with Gasteiger partial charge in [0.2, 0.25) is 0 Å². The maximum Gasteiger partial charge on any atom is 0.371 e. The second kappa shape index (κ2) is 2.64. The zero-order valence-corrected chi connectivity index (χ0v) is 6.29. The summed E-state index contributed by atoms with van der Waals surface area (Å²) in [5.74, 6) is -1.15. The third kappa shape index (κ3) is 2.47. The lowest BCUT2D eigenvalue weighted by molar-refractivity contribution is -0.144. The van der Waals surface area contributed by atoms with Crippen LogP contribution in [0.15, 0.2) is 0 Å². The molecule has 1 unspecified atom stereocenters. The third-order valence-corrected chi connectivity index (χ3v) is 0.895. The van der Waals surface area contributed by atoms with Gasteiger partial charge in [0.15, 0.2) is 0 Å². The number of hydrogen-bond acceptors (Lipinski definition) is 2. The van der Waals surface area contributed by atoms with Crippen molar-refractivity contribution < 1.29 is 13.9 Å². The van der Waals surface area contributed by atoms with Crippen LogP contribution < -0.4 is 0 Å². The van der Waals surface area contributed by atoms with Gasteiger partial charge in [-0.2, -0.15) is 0 Å². The van der Waals surface area contributed by atoms with Crippen molar-refractivity contribution in [1.82, 2.24) is 0 Å². The molecule has 5 heteroatoms. The summed E-state index contributed by atoms with van der Waals surface area (Å²) in [6.45, 7) is 0. The molecule has 48 valence electrons. The Bertz CT molecular complexity index is 99.9. The minimum Gasteiger partial charge on any atom is -0.465 e. The summed E-state index contributed by atoms with van der Waals surface area (Å²) in [7, 11) is 1.04. The van der Waals surface area contributed by atoms with Crippen molar-refractivity contribution in [2.45, 2.75) is 4.04 Å². The highest BCUT2D eigenvalue weighted by atomic mass is 79.9. The minimum atomic E-state index is -2.57. The number of rotatable bonds is 1. The maximum absolute atomic E-state index is 12.0. The highest BCUT2D eigenvalue weighted by molar-refractivity contribution is 9.10. The molecule has 0 amide bonds. The molecular formula is C3H3BrClFO2. The fourth-order valence-electron chi connectivity index (χ4n) is 0.116. The van der Waals surface area contributed by atoms with Crippen LogP contribution in [0.4, 0.5) is 4.39 Å². The average Bonchev–Trinajstić information content (AvgIpc) is 1.62. The molecule has 0 spiro atoms. The molecule has 0 aliphatic carbocycles. The summed E-state index contributed by atoms with van der Waals surface area (Å²) >= 11 is 6.99. The zero-order valence-electron chi connectivity index (χ0n) is 3.95. The molecule has 0 aliphatic heterocycles. The van der Waals surface area contributed by atoms with E-state index in [1.54, 1.807) is 0 Å². The summed E-state index contributed by atoms with van der Waals surface area (Å²) in [6.07, 6.45) is 0. The Labute approximate surface area is 59.1 Å². The fourth-order valence-corrected chi connectivity index (χ4v) is 0.355. The van der Waals surface area contributed by atoms with E-state index in [1.807, 2.05) is 0 Å². The van der Waals surface area contributed by atoms with Crippen LogP contribution in [0.3, 0.4) is 0 Å². The summed E-state index contributed by atoms with van der Waals surface area (Å²) < 4.78 is 13.3. The Morgan fingerprint density at radius 1 is 2.00 bits per heavy atom. The normalized spacial score (nSPS) is 17.0. The number of ether oxygens (including phenoxy) is 1. The van der Waals surface area contributed by atoms with Crippen LogP contribution in [0.1, 0.15) is 0 Å². The predicted octanol–water partition coefficient (Wildman–Crippen LogP) is 1.42. The quantitative estimate of drug-likeness (QED) is 0.478. The Hall–Kier alpha value is 0.170. The van der Waals surface area contributed by atoms with Crippen molar-refractivity contribution in [2.24, 2.45) is 0 Å². The molecule has 0 bridgehead atoms. The largest absolute Gasteiger partial charge is 0.465 e. The smallest absolute Gasteiger partial charge is 0.371 e. The monoisotopic (exact) mass is 204 g/mol. The molecule has 0 radical (unpaired) electrons. The second-order valence-corrected chi connectivity index (χ2v) is 3.06. The van der Waals surface area contributed by atoms with E-state index in [1.165, 1.54) is 0 Å². The molecule has 0 saturated heterocycles. The number of esters is 1. The van der Waals surface area contributed by atoms with Crippen molar-refractivity contribution in [3.05, 3.63) is 0 Å². The maximum atomic E-state index is 12.0. The highest BCUT2D eigenvalue weighted by Gasteiger charge is 2.33. The molecule has 0 aromatic rings. The van der Waals surface area contributed by atoms with Crippen LogP contribution in [-0.4, -0.2) is 17.1 Å². The van der Waals surface area contributed by atoms with E-state index in [4.69, 9.17) is 11.6 Å². The van der Waals surface area contributed by atoms with E-state index in [-0.39, 0.29) is 0 Å². The highest BCUT2D eigenvalue weighted by Crippen LogP contribution is 2.25. The average molecular weight is 205 g/mol. The van der Waals surface area contributed by atoms with Gasteiger partial charge in [-0.15, -0.1) is 0 Å². The van der Waals surface area contributed by atoms with E-state index in [2.05, 4.69) is 20.7 Å². The van der Waals surface area contributed by atoms with Gasteiger partial charge in [-0.05, 0) is 15.9 Å². The van der Waals surface area contributed by atoms with Crippen LogP contribution in [0.5, 0.6) is 0 Å². The number of methoxy groups -OCH3 is 1. The fraction of sp³-hybridized carbons (Fsp3) is 0.667. The van der Waals surface area contributed by atoms with E-state index in [9.17, 15) is 9.18 Å². The van der Waals surface area contributed by atoms with Gasteiger partial charge in [-0.3, -0.25) is 0 Å². The summed E-state index contributed by atoms with van der Waals surface area (Å²) in [4.78, 5) is 10.1. The van der Waals surface area contributed by atoms with Gasteiger partial charge in [-0.1, -0.05) is 11.6 Å². The van der Waals surface area contributed by atoms with E-state index < -0.39 is 10.0 Å². The summed E-state index contributed by atoms with van der Waals surface area (Å²) in [5, 5.41) is 0. The molecule has 0 fully saturated rings. The molecule has 2 nitrogen and oxygen atoms in total. The topological polar surface area (TPSA) is 26.3 Å². The molecule has 0 aromatic heterocycles. The SMILES string of the molecule is COC(=O)C(F)(Cl)Br. The Morgan fingerprint density at radius 3 is 2.38 bits per heavy atom. The number of halogens is 3. The first kappa shape index (κ1) is 8.17. The van der Waals surface area contributed by atoms with Crippen LogP contribution in [-0.2, 0) is 9.53 Å². The number of alkyl halides is 3. The van der Waals surface area contributed by atoms with Crippen LogP contribution in [0, 0.1) is 0 Å². The van der Waals surface area contributed by atoms with Crippen molar-refractivity contribution in [3.8, 4) is 0 Å². The molecule has 8 heavy (non-hydrogen) atoms. The summed E-state index contributed by atoms with van der Waals surface area (Å²) in [5.41, 5.74) is 0. The van der Waals surface area contributed by atoms with Crippen LogP contribution in [0.2, 0.25) is 0 Å². The van der Waals surface area contributed by atoms with Gasteiger partial charge in [0, 0.05) is 0 Å². The first-order valence-corrected chi connectivity index (χ1v) is 2.80. The lowest BCUT2D eigenvalue weighted by Crippen LogP contribution is -2.20. The van der Waals surface area contributed by atoms with Gasteiger partial charge < -0.3 is 4.74 Å². The van der Waals surface area contributed by atoms with Crippen LogP contribution >= 0.6 is 27.5 Å². The molecule has 0 aliphatic rings. The molecule has 0 saturated carbocycles. The van der Waals surface area contributed by atoms with Crippen molar-refractivity contribution in [1.29, 1.82) is 0 Å². The molecule has 0 heterocycles. The molecule has 0 aromatic carbocycles. The predicted molar refractivity (Wildman–Crippen MR) is 30.6 cm³/mol. The Morgan fingerprint density at radius 2 is 2.38 bits per heavy atom. The van der Waals surface area contributed by atoms with E-state index in [0.29, 0.717) is 0 Å². The molecular weight excluding hydrogens is 202 g/mol. The minimum absolute atomic E-state index is 1.04. The van der Waals surface area contributed by atoms with Gasteiger partial charge in [0.1, 0.15) is 0 Å². The first-order valence-electron chi connectivity index (χ1n) is 1.63. The molecule has 0 rings (SSSR count). The van der Waals surface area contributed by atoms with E-state index >= 15 is 0 Å². The van der Waals surface area contributed by atoms with Crippen LogP contribution in [0.25, 0.3) is 0 Å². The number of carbonyl (C=O) groups excluding carboxylic acids is 1. The van der Waals surface area contributed by atoms with Crippen molar-refractivity contribution in [3.63, 3.8) is 0 Å². The molecule has 1 atom stereocenters. The zero-order chi connectivity index (χ0) is 6.78. The van der Waals surface area contributed by atoms with Gasteiger partial charge >= 0.3 is 10.0 Å². The number of carbonyl (C=O) groups is 1. The lowest BCUT2D eigenvalue weighted by Gasteiger charge is -2.03. The standard InChI is InChI=1S/C3H3BrClFO2/c1-8-2(7)3(4,5)6/h1H3. The van der Waals surface area contributed by atoms with Crippen molar-refractivity contribution >= 4 is 33.5 Å². The third-order valence-electron chi connectivity index (χ3n) is 0.417. The second-order valence-electron chi connectivity index (χ2n) is 0.989. The molecule has 0 N–H and O–H groups in total. The Kier molecular flexibility index (Phi) is 2.70.